The summed E-state index contributed by atoms with van der Waals surface area (Å²) < 4.78 is 2.44. The number of rotatable bonds is 11. The van der Waals surface area contributed by atoms with Crippen LogP contribution in [0.15, 0.2) is 309 Å². The highest BCUT2D eigenvalue weighted by Crippen LogP contribution is 2.45. The van der Waals surface area contributed by atoms with Crippen molar-refractivity contribution in [2.45, 2.75) is 0 Å². The molecule has 1 aromatic heterocycles. The van der Waals surface area contributed by atoms with Crippen molar-refractivity contribution in [3.8, 4) is 50.2 Å². The Bertz CT molecular complexity index is 4060. The molecule has 0 aliphatic rings. The molecular formula is C74H51N3. The number of hydrogen-bond acceptors (Lipinski definition) is 2. The maximum atomic E-state index is 2.44. The normalized spacial score (nSPS) is 11.4. The van der Waals surface area contributed by atoms with E-state index in [1.54, 1.807) is 0 Å². The number of nitrogens with zero attached hydrogens (tertiary/aromatic N) is 3. The van der Waals surface area contributed by atoms with E-state index in [4.69, 9.17) is 0 Å². The van der Waals surface area contributed by atoms with Crippen LogP contribution in [0.4, 0.5) is 34.1 Å². The molecule has 13 aromatic carbocycles. The molecular weight excluding hydrogens is 931 g/mol. The fourth-order valence-electron chi connectivity index (χ4n) is 11.6. The third kappa shape index (κ3) is 8.28. The summed E-state index contributed by atoms with van der Waals surface area (Å²) >= 11 is 0. The van der Waals surface area contributed by atoms with Crippen molar-refractivity contribution in [1.82, 2.24) is 4.57 Å². The molecule has 0 saturated carbocycles. The molecule has 0 atom stereocenters. The standard InChI is InChI=1S/C74H51N3/c1-6-20-54(21-7-1)73-65-30-16-18-32-67(65)74(68-33-19-17-31-66(68)73)55-38-46-64(47-39-55)77-71-48-40-56(52-34-42-62(43-35-52)75(58-22-8-2-9-23-58)59-24-10-3-11-25-59)50-69(71)70-51-57(41-49-72(70)77)53-36-44-63(45-37-53)76(60-26-12-4-13-27-60)61-28-14-5-15-29-61/h1-51H. The number of aromatic nitrogens is 1. The van der Waals surface area contributed by atoms with Gasteiger partial charge in [-0.05, 0) is 175 Å². The molecule has 0 fully saturated rings. The van der Waals surface area contributed by atoms with Gasteiger partial charge in [0.05, 0.1) is 11.0 Å². The van der Waals surface area contributed by atoms with Gasteiger partial charge in [-0.15, -0.1) is 0 Å². The summed E-state index contributed by atoms with van der Waals surface area (Å²) in [5.41, 5.74) is 19.7. The lowest BCUT2D eigenvalue weighted by atomic mass is 9.86. The first-order valence-corrected chi connectivity index (χ1v) is 26.4. The summed E-state index contributed by atoms with van der Waals surface area (Å²) in [6.45, 7) is 0. The van der Waals surface area contributed by atoms with E-state index >= 15 is 0 Å². The van der Waals surface area contributed by atoms with Gasteiger partial charge in [-0.1, -0.05) is 200 Å². The van der Waals surface area contributed by atoms with E-state index in [1.165, 1.54) is 65.7 Å². The Balaban J connectivity index is 0.892. The molecule has 14 rings (SSSR count). The molecule has 0 amide bonds. The lowest BCUT2D eigenvalue weighted by Crippen LogP contribution is -2.09. The second-order valence-corrected chi connectivity index (χ2v) is 19.7. The molecule has 362 valence electrons. The summed E-state index contributed by atoms with van der Waals surface area (Å²) in [5, 5.41) is 7.40. The molecule has 0 bridgehead atoms. The topological polar surface area (TPSA) is 11.4 Å². The van der Waals surface area contributed by atoms with Crippen LogP contribution in [-0.4, -0.2) is 4.57 Å². The quantitative estimate of drug-likeness (QED) is 0.120. The third-order valence-electron chi connectivity index (χ3n) is 15.1. The van der Waals surface area contributed by atoms with Gasteiger partial charge in [0, 0.05) is 50.6 Å². The number of fused-ring (bicyclic) bond motifs is 5. The van der Waals surface area contributed by atoms with E-state index in [1.807, 2.05) is 0 Å². The molecule has 14 aromatic rings. The highest BCUT2D eigenvalue weighted by molar-refractivity contribution is 6.21. The predicted molar refractivity (Wildman–Crippen MR) is 327 cm³/mol. The zero-order chi connectivity index (χ0) is 51.1. The molecule has 0 unspecified atom stereocenters. The molecule has 0 aliphatic heterocycles. The van der Waals surface area contributed by atoms with Crippen LogP contribution >= 0.6 is 0 Å². The van der Waals surface area contributed by atoms with Gasteiger partial charge in [0.15, 0.2) is 0 Å². The Hall–Kier alpha value is -10.2. The highest BCUT2D eigenvalue weighted by atomic mass is 15.1. The Morgan fingerprint density at radius 3 is 0.818 bits per heavy atom. The van der Waals surface area contributed by atoms with E-state index in [2.05, 4.69) is 324 Å². The van der Waals surface area contributed by atoms with Gasteiger partial charge in [-0.3, -0.25) is 0 Å². The molecule has 1 heterocycles. The van der Waals surface area contributed by atoms with E-state index in [0.717, 1.165) is 62.0 Å². The zero-order valence-electron chi connectivity index (χ0n) is 42.3. The zero-order valence-corrected chi connectivity index (χ0v) is 42.3. The van der Waals surface area contributed by atoms with Gasteiger partial charge < -0.3 is 14.4 Å². The Labute approximate surface area is 449 Å². The molecule has 3 heteroatoms. The first-order chi connectivity index (χ1) is 38.2. The van der Waals surface area contributed by atoms with Crippen LogP contribution in [0, 0.1) is 0 Å². The van der Waals surface area contributed by atoms with Crippen molar-refractivity contribution in [3.63, 3.8) is 0 Å². The van der Waals surface area contributed by atoms with Gasteiger partial charge in [-0.2, -0.15) is 0 Å². The number of hydrogen-bond donors (Lipinski definition) is 0. The largest absolute Gasteiger partial charge is 0.311 e. The fourth-order valence-corrected chi connectivity index (χ4v) is 11.6. The van der Waals surface area contributed by atoms with Crippen LogP contribution in [0.1, 0.15) is 0 Å². The van der Waals surface area contributed by atoms with Crippen LogP contribution in [0.2, 0.25) is 0 Å². The number of anilines is 6. The van der Waals surface area contributed by atoms with Gasteiger partial charge in [-0.25, -0.2) is 0 Å². The molecule has 0 aliphatic carbocycles. The molecule has 3 nitrogen and oxygen atoms in total. The third-order valence-corrected chi connectivity index (χ3v) is 15.1. The first kappa shape index (κ1) is 45.4. The second-order valence-electron chi connectivity index (χ2n) is 19.7. The van der Waals surface area contributed by atoms with Crippen molar-refractivity contribution in [2.75, 3.05) is 9.80 Å². The average molecular weight is 982 g/mol. The SMILES string of the molecule is c1ccc(-c2c3ccccc3c(-c3ccc(-n4c5ccc(-c6ccc(N(c7ccccc7)c7ccccc7)cc6)cc5c5cc(-c6ccc(N(c7ccccc7)c7ccccc7)cc6)ccc54)cc3)c3ccccc23)cc1. The van der Waals surface area contributed by atoms with Crippen LogP contribution in [0.5, 0.6) is 0 Å². The molecule has 0 saturated heterocycles. The van der Waals surface area contributed by atoms with Gasteiger partial charge >= 0.3 is 0 Å². The Kier molecular flexibility index (Phi) is 11.5. The monoisotopic (exact) mass is 981 g/mol. The Morgan fingerprint density at radius 2 is 0.468 bits per heavy atom. The van der Waals surface area contributed by atoms with Crippen molar-refractivity contribution >= 4 is 77.5 Å². The van der Waals surface area contributed by atoms with Crippen molar-refractivity contribution in [2.24, 2.45) is 0 Å². The number of para-hydroxylation sites is 4. The average Bonchev–Trinajstić information content (AvgIpc) is 3.93. The summed E-state index contributed by atoms with van der Waals surface area (Å²) in [4.78, 5) is 4.62. The van der Waals surface area contributed by atoms with Crippen LogP contribution in [0.3, 0.4) is 0 Å². The lowest BCUT2D eigenvalue weighted by Gasteiger charge is -2.25. The van der Waals surface area contributed by atoms with E-state index in [0.29, 0.717) is 0 Å². The highest BCUT2D eigenvalue weighted by Gasteiger charge is 2.20. The predicted octanol–water partition coefficient (Wildman–Crippen LogP) is 20.7. The van der Waals surface area contributed by atoms with E-state index in [-0.39, 0.29) is 0 Å². The minimum Gasteiger partial charge on any atom is -0.311 e. The van der Waals surface area contributed by atoms with Gasteiger partial charge in [0.25, 0.3) is 0 Å². The summed E-state index contributed by atoms with van der Waals surface area (Å²) in [7, 11) is 0. The Morgan fingerprint density at radius 1 is 0.195 bits per heavy atom. The van der Waals surface area contributed by atoms with Crippen LogP contribution in [-0.2, 0) is 0 Å². The lowest BCUT2D eigenvalue weighted by molar-refractivity contribution is 1.18. The van der Waals surface area contributed by atoms with Gasteiger partial charge in [0.2, 0.25) is 0 Å². The van der Waals surface area contributed by atoms with Crippen molar-refractivity contribution in [1.29, 1.82) is 0 Å². The van der Waals surface area contributed by atoms with Crippen molar-refractivity contribution in [3.05, 3.63) is 309 Å². The molecule has 0 N–H and O–H groups in total. The molecule has 0 radical (unpaired) electrons. The maximum absolute atomic E-state index is 2.44. The molecule has 77 heavy (non-hydrogen) atoms. The van der Waals surface area contributed by atoms with E-state index in [9.17, 15) is 0 Å². The van der Waals surface area contributed by atoms with Crippen LogP contribution in [0.25, 0.3) is 93.5 Å². The minimum absolute atomic E-state index is 1.10. The van der Waals surface area contributed by atoms with Crippen molar-refractivity contribution < 1.29 is 0 Å². The maximum Gasteiger partial charge on any atom is 0.0541 e. The molecule has 0 spiro atoms. The second kappa shape index (κ2) is 19.6. The number of benzene rings is 13. The minimum atomic E-state index is 1.10. The summed E-state index contributed by atoms with van der Waals surface area (Å²) in [6, 6.07) is 112. The first-order valence-electron chi connectivity index (χ1n) is 26.4. The summed E-state index contributed by atoms with van der Waals surface area (Å²) in [5.74, 6) is 0. The smallest absolute Gasteiger partial charge is 0.0541 e. The fraction of sp³-hybridized carbons (Fsp3) is 0. The van der Waals surface area contributed by atoms with Gasteiger partial charge in [0.1, 0.15) is 0 Å². The summed E-state index contributed by atoms with van der Waals surface area (Å²) in [6.07, 6.45) is 0. The van der Waals surface area contributed by atoms with E-state index < -0.39 is 0 Å². The van der Waals surface area contributed by atoms with Crippen LogP contribution < -0.4 is 9.80 Å².